The van der Waals surface area contributed by atoms with Crippen LogP contribution >= 0.6 is 45.1 Å². The number of phosphoric ester groups is 1. The number of unbranched alkanes of at least 4 members (excludes halogenated alkanes) is 3. The summed E-state index contributed by atoms with van der Waals surface area (Å²) in [5.41, 5.74) is 14.4. The summed E-state index contributed by atoms with van der Waals surface area (Å²) in [6.45, 7) is 15.3. The Bertz CT molecular complexity index is 3650. The first kappa shape index (κ1) is 73.0. The summed E-state index contributed by atoms with van der Waals surface area (Å²) in [7, 11) is -14.3. The van der Waals surface area contributed by atoms with E-state index >= 15 is 0 Å². The topological polar surface area (TPSA) is 314 Å². The molecule has 3 aliphatic heterocycles. The maximum Gasteiger partial charge on any atom is 0.490 e. The van der Waals surface area contributed by atoms with E-state index in [0.717, 1.165) is 44.5 Å². The van der Waals surface area contributed by atoms with Crippen LogP contribution in [0.15, 0.2) is 89.5 Å². The molecule has 0 radical (unpaired) electrons. The van der Waals surface area contributed by atoms with Gasteiger partial charge in [0, 0.05) is 91.7 Å². The third-order valence-electron chi connectivity index (χ3n) is 15.2. The number of hydrogen-bond acceptors (Lipinski definition) is 19. The number of aromatic amines is 1. The van der Waals surface area contributed by atoms with Gasteiger partial charge in [0.25, 0.3) is 5.56 Å². The first-order chi connectivity index (χ1) is 42.6. The van der Waals surface area contributed by atoms with E-state index in [0.29, 0.717) is 44.0 Å². The van der Waals surface area contributed by atoms with Crippen LogP contribution in [0.5, 0.6) is 0 Å². The zero-order chi connectivity index (χ0) is 65.4. The fourth-order valence-corrected chi connectivity index (χ4v) is 16.3. The second-order valence-electron chi connectivity index (χ2n) is 22.8. The second kappa shape index (κ2) is 33.1. The van der Waals surface area contributed by atoms with Gasteiger partial charge in [0.15, 0.2) is 11.4 Å². The third kappa shape index (κ3) is 20.6. The molecule has 2 aromatic carbocycles. The van der Waals surface area contributed by atoms with Crippen LogP contribution in [0.2, 0.25) is 0 Å². The van der Waals surface area contributed by atoms with Crippen molar-refractivity contribution in [1.29, 1.82) is 0 Å². The molecule has 30 heteroatoms. The number of para-hydroxylation sites is 1. The highest BCUT2D eigenvalue weighted by molar-refractivity contribution is 8.76. The largest absolute Gasteiger partial charge is 0.490 e. The molecule has 0 saturated carbocycles. The van der Waals surface area contributed by atoms with Crippen molar-refractivity contribution in [3.8, 4) is 11.8 Å². The molecule has 0 aliphatic carbocycles. The summed E-state index contributed by atoms with van der Waals surface area (Å²) in [6.07, 6.45) is 17.4. The number of rotatable bonds is 35. The number of esters is 1. The molecule has 90 heavy (non-hydrogen) atoms. The first-order valence-corrected chi connectivity index (χ1v) is 39.3. The predicted molar refractivity (Wildman–Crippen MR) is 356 cm³/mol. The zero-order valence-electron chi connectivity index (χ0n) is 51.6. The van der Waals surface area contributed by atoms with Gasteiger partial charge in [0.1, 0.15) is 30.6 Å². The standard InChI is InChI=1S/C60H81N6O17P3S4/c1-8-64-47-26-16-15-25-45(47)59(3,4)51(64)27-12-9-13-28-52-60(5,6)46-36-42(2)30-31-48(46)65(52)32-18-10-11-23-44(67)24-21-35-88-89-40-77-33-19-20-34-78-54(68)29-17-14-22-43-38-66(56-55(43)57(69)63-58(61)62-56)53-37-49(79-41-90(7)87)50(81-53)39-80-85(73,74)83-86(75,76)82-84(70,71)72/h9,12-13,15-16,25-28,30-31,36,38,49-50,53H,8,10-11,17-21,23-24,29,32-35,37,39-41H2,1-7H3,(H6-,61,62,63,69,70,71,72,73,74,75,76)/p+1/t49-,50+,53+,90?/m0/s1. The van der Waals surface area contributed by atoms with Crippen molar-refractivity contribution in [2.75, 3.05) is 67.4 Å². The number of nitrogen functional groups attached to an aromatic ring is 1. The fourth-order valence-electron chi connectivity index (χ4n) is 11.0. The number of aryl methyl sites for hydroxylation is 1. The van der Waals surface area contributed by atoms with Gasteiger partial charge in [-0.1, -0.05) is 105 Å². The van der Waals surface area contributed by atoms with Crippen molar-refractivity contribution in [1.82, 2.24) is 14.5 Å². The van der Waals surface area contributed by atoms with E-state index in [1.165, 1.54) is 50.2 Å². The molecule has 0 bridgehead atoms. The normalized spacial score (nSPS) is 20.0. The molecule has 4 aromatic rings. The summed E-state index contributed by atoms with van der Waals surface area (Å²) in [5, 5.41) is 0.0520. The summed E-state index contributed by atoms with van der Waals surface area (Å²) < 4.78 is 74.9. The summed E-state index contributed by atoms with van der Waals surface area (Å²) in [4.78, 5) is 85.0. The number of benzene rings is 2. The minimum absolute atomic E-state index is 0.0225. The van der Waals surface area contributed by atoms with Crippen LogP contribution in [-0.4, -0.2) is 125 Å². The minimum Gasteiger partial charge on any atom is -0.466 e. The van der Waals surface area contributed by atoms with Crippen LogP contribution in [0.25, 0.3) is 11.0 Å². The Kier molecular flexibility index (Phi) is 26.9. The van der Waals surface area contributed by atoms with Crippen LogP contribution < -0.4 is 16.2 Å². The Morgan fingerprint density at radius 1 is 0.944 bits per heavy atom. The molecule has 7 N–H and O–H groups in total. The number of ketones is 1. The molecule has 6 atom stereocenters. The van der Waals surface area contributed by atoms with Crippen molar-refractivity contribution in [2.45, 2.75) is 141 Å². The number of anilines is 2. The lowest BCUT2D eigenvalue weighted by Gasteiger charge is -2.25. The van der Waals surface area contributed by atoms with Crippen molar-refractivity contribution in [3.63, 3.8) is 0 Å². The number of ether oxygens (including phenoxy) is 4. The van der Waals surface area contributed by atoms with Gasteiger partial charge in [0.2, 0.25) is 11.6 Å². The van der Waals surface area contributed by atoms with Crippen molar-refractivity contribution < 1.29 is 79.5 Å². The third-order valence-corrected chi connectivity index (χ3v) is 21.9. The van der Waals surface area contributed by atoms with E-state index in [-0.39, 0.29) is 65.2 Å². The molecule has 3 aliphatic rings. The van der Waals surface area contributed by atoms with Gasteiger partial charge in [-0.15, -0.1) is 0 Å². The van der Waals surface area contributed by atoms with Crippen molar-refractivity contribution in [3.05, 3.63) is 117 Å². The van der Waals surface area contributed by atoms with Crippen LogP contribution in [0.1, 0.15) is 134 Å². The highest BCUT2D eigenvalue weighted by atomic mass is 33.1. The lowest BCUT2D eigenvalue weighted by molar-refractivity contribution is -0.438. The van der Waals surface area contributed by atoms with Gasteiger partial charge in [-0.25, -0.2) is 13.7 Å². The lowest BCUT2D eigenvalue weighted by atomic mass is 9.81. The average molecular weight is 1380 g/mol. The fraction of sp³-hybridized carbons (Fsp3) is 0.517. The maximum absolute atomic E-state index is 13.2. The highest BCUT2D eigenvalue weighted by Crippen LogP contribution is 2.66. The lowest BCUT2D eigenvalue weighted by Crippen LogP contribution is -2.29. The smallest absolute Gasteiger partial charge is 0.466 e. The summed E-state index contributed by atoms with van der Waals surface area (Å²) in [6, 6.07) is 15.5. The molecular formula is C60H82N6O17P3S4+. The van der Waals surface area contributed by atoms with E-state index in [4.69, 9.17) is 50.2 Å². The maximum atomic E-state index is 13.2. The molecule has 0 amide bonds. The van der Waals surface area contributed by atoms with Gasteiger partial charge in [0.05, 0.1) is 48.0 Å². The van der Waals surface area contributed by atoms with Crippen LogP contribution in [0, 0.1) is 18.8 Å². The van der Waals surface area contributed by atoms with Gasteiger partial charge in [-0.2, -0.15) is 18.2 Å². The Morgan fingerprint density at radius 2 is 1.70 bits per heavy atom. The SMILES string of the molecule is CCN1\C(=C/C=C/C=C/C2=[N+](CCCCCC(=O)CCCSSCOCCCCOC(=O)CCC#Cc3cn([C@H]4C[C@H](OCS(C)=S)[C@@H](COP(=O)(O)OP(=O)(O)OP(=O)(O)O)O4)c4nc(N)[nH]c(=O)c34)c3ccc(C)cc3C2(C)C)C(C)(C)c2ccccc21. The molecule has 5 heterocycles. The predicted octanol–water partition coefficient (Wildman–Crippen LogP) is 10.9. The van der Waals surface area contributed by atoms with E-state index in [9.17, 15) is 37.9 Å². The minimum atomic E-state index is -5.78. The quantitative estimate of drug-likeness (QED) is 0.00364. The first-order valence-electron chi connectivity index (χ1n) is 29.5. The summed E-state index contributed by atoms with van der Waals surface area (Å²) in [5.74, 6) is 6.82. The number of likely N-dealkylation sites (N-methyl/N-ethyl adjacent to an activating group) is 1. The van der Waals surface area contributed by atoms with E-state index in [2.05, 4.69) is 154 Å². The molecular weight excluding hydrogens is 1300 g/mol. The molecule has 23 nitrogen and oxygen atoms in total. The second-order valence-corrected chi connectivity index (χ2v) is 32.8. The Morgan fingerprint density at radius 3 is 2.46 bits per heavy atom. The van der Waals surface area contributed by atoms with Crippen LogP contribution in [0.3, 0.4) is 0 Å². The van der Waals surface area contributed by atoms with E-state index in [1.54, 1.807) is 27.8 Å². The molecule has 0 spiro atoms. The number of nitrogens with two attached hydrogens (primary N) is 1. The number of nitrogens with one attached hydrogen (secondary N) is 1. The monoisotopic (exact) mass is 1380 g/mol. The summed E-state index contributed by atoms with van der Waals surface area (Å²) >= 11 is 5.24. The van der Waals surface area contributed by atoms with E-state index < -0.39 is 69.5 Å². The number of allylic oxidation sites excluding steroid dienone is 6. The van der Waals surface area contributed by atoms with Crippen LogP contribution in [-0.2, 0) is 86.8 Å². The molecule has 2 aromatic heterocycles. The van der Waals surface area contributed by atoms with Gasteiger partial charge in [-0.3, -0.25) is 23.9 Å². The average Bonchev–Trinajstić information content (AvgIpc) is 1.65. The van der Waals surface area contributed by atoms with Crippen molar-refractivity contribution in [2.24, 2.45) is 0 Å². The Balaban J connectivity index is 0.759. The number of fused-ring (bicyclic) bond motifs is 3. The molecule has 1 saturated heterocycles. The number of carbonyl (C=O) groups excluding carboxylic acids is 2. The van der Waals surface area contributed by atoms with Gasteiger partial charge >= 0.3 is 29.4 Å². The van der Waals surface area contributed by atoms with Gasteiger partial charge in [-0.05, 0) is 101 Å². The zero-order valence-corrected chi connectivity index (χ0v) is 57.6. The number of aromatic nitrogens is 3. The van der Waals surface area contributed by atoms with Gasteiger partial charge < -0.3 is 53.7 Å². The Labute approximate surface area is 540 Å². The number of H-pyrrole nitrogens is 1. The van der Waals surface area contributed by atoms with Crippen molar-refractivity contribution >= 4 is 112 Å². The highest BCUT2D eigenvalue weighted by Gasteiger charge is 2.46. The Hall–Kier alpha value is -4.39. The molecule has 3 unspecified atom stereocenters. The number of nitrogens with zero attached hydrogens (tertiary/aromatic N) is 4. The van der Waals surface area contributed by atoms with Crippen LogP contribution in [0.4, 0.5) is 17.3 Å². The number of hydrogen-bond donors (Lipinski definition) is 6. The molecule has 7 rings (SSSR count). The van der Waals surface area contributed by atoms with E-state index in [1.807, 2.05) is 0 Å². The number of phosphoric acid groups is 3. The molecule has 1 fully saturated rings. The molecule has 492 valence electrons. The number of Topliss-reactive ketones (excluding diaryl/α,β-unsaturated/α-hetero) is 1. The number of carbonyl (C=O) groups is 2.